The molecule has 0 aromatic rings. The van der Waals surface area contributed by atoms with Gasteiger partial charge in [-0.3, -0.25) is 0 Å². The van der Waals surface area contributed by atoms with Gasteiger partial charge < -0.3 is 0 Å². The maximum Gasteiger partial charge on any atom is -0.0210 e. The Balaban J connectivity index is 1.71. The standard InChI is InChI=1S/C15H24/c1-10-3-2-6-15-12(7-10)4-5-13(15)8-11-9-14(11)15/h10-14H,2-9H2,1H3. The molecule has 0 bridgehead atoms. The molecule has 0 amide bonds. The van der Waals surface area contributed by atoms with Gasteiger partial charge in [0.2, 0.25) is 0 Å². The lowest BCUT2D eigenvalue weighted by Crippen LogP contribution is -2.31. The first-order valence-corrected chi connectivity index (χ1v) is 7.30. The summed E-state index contributed by atoms with van der Waals surface area (Å²) in [6.45, 7) is 2.51. The predicted molar refractivity (Wildman–Crippen MR) is 62.5 cm³/mol. The van der Waals surface area contributed by atoms with Gasteiger partial charge in [0.25, 0.3) is 0 Å². The number of fused-ring (bicyclic) bond motifs is 1. The molecular formula is C15H24. The van der Waals surface area contributed by atoms with Crippen molar-refractivity contribution in [1.29, 1.82) is 0 Å². The van der Waals surface area contributed by atoms with Crippen molar-refractivity contribution in [3.05, 3.63) is 0 Å². The smallest absolute Gasteiger partial charge is 0.0210 e. The van der Waals surface area contributed by atoms with Gasteiger partial charge in [-0.25, -0.2) is 0 Å². The summed E-state index contributed by atoms with van der Waals surface area (Å²) in [5, 5.41) is 0. The van der Waals surface area contributed by atoms with Gasteiger partial charge in [-0.05, 0) is 73.5 Å². The second-order valence-corrected chi connectivity index (χ2v) is 7.15. The normalized spacial score (nSPS) is 61.8. The minimum Gasteiger partial charge on any atom is -0.0625 e. The average molecular weight is 204 g/mol. The van der Waals surface area contributed by atoms with Crippen molar-refractivity contribution >= 4 is 0 Å². The Bertz CT molecular complexity index is 282. The minimum atomic E-state index is 0.898. The van der Waals surface area contributed by atoms with E-state index in [9.17, 15) is 0 Å². The summed E-state index contributed by atoms with van der Waals surface area (Å²) >= 11 is 0. The highest BCUT2D eigenvalue weighted by Crippen LogP contribution is 2.75. The van der Waals surface area contributed by atoms with Gasteiger partial charge in [0.05, 0.1) is 0 Å². The topological polar surface area (TPSA) is 0 Å². The van der Waals surface area contributed by atoms with Crippen LogP contribution < -0.4 is 0 Å². The highest BCUT2D eigenvalue weighted by Gasteiger charge is 2.67. The molecule has 84 valence electrons. The summed E-state index contributed by atoms with van der Waals surface area (Å²) in [6.07, 6.45) is 12.7. The molecule has 0 aromatic heterocycles. The minimum absolute atomic E-state index is 0.898. The van der Waals surface area contributed by atoms with Crippen molar-refractivity contribution in [2.45, 2.75) is 58.3 Å². The van der Waals surface area contributed by atoms with Crippen molar-refractivity contribution in [2.75, 3.05) is 0 Å². The Labute approximate surface area is 93.8 Å². The molecule has 4 rings (SSSR count). The van der Waals surface area contributed by atoms with E-state index in [1.54, 1.807) is 44.9 Å². The first kappa shape index (κ1) is 9.07. The molecule has 0 aromatic carbocycles. The third kappa shape index (κ3) is 1.04. The summed E-state index contributed by atoms with van der Waals surface area (Å²) < 4.78 is 0. The second-order valence-electron chi connectivity index (χ2n) is 7.15. The van der Waals surface area contributed by atoms with Gasteiger partial charge in [0, 0.05) is 0 Å². The molecule has 6 atom stereocenters. The van der Waals surface area contributed by atoms with Crippen LogP contribution in [0.15, 0.2) is 0 Å². The molecule has 15 heavy (non-hydrogen) atoms. The van der Waals surface area contributed by atoms with Gasteiger partial charge in [-0.1, -0.05) is 19.8 Å². The molecule has 4 aliphatic carbocycles. The van der Waals surface area contributed by atoms with Gasteiger partial charge in [-0.2, -0.15) is 0 Å². The molecule has 0 saturated heterocycles. The number of hydrogen-bond acceptors (Lipinski definition) is 0. The molecule has 4 saturated carbocycles. The largest absolute Gasteiger partial charge is 0.0625 e. The molecule has 0 N–H and O–H groups in total. The maximum absolute atomic E-state index is 2.51. The van der Waals surface area contributed by atoms with E-state index in [1.807, 2.05) is 0 Å². The summed E-state index contributed by atoms with van der Waals surface area (Å²) in [4.78, 5) is 0. The Kier molecular flexibility index (Phi) is 1.70. The van der Waals surface area contributed by atoms with Crippen LogP contribution in [0, 0.1) is 35.0 Å². The predicted octanol–water partition coefficient (Wildman–Crippen LogP) is 4.25. The lowest BCUT2D eigenvalue weighted by Gasteiger charge is -2.37. The van der Waals surface area contributed by atoms with E-state index in [0.717, 1.165) is 17.3 Å². The van der Waals surface area contributed by atoms with Crippen LogP contribution in [-0.4, -0.2) is 0 Å². The van der Waals surface area contributed by atoms with Crippen molar-refractivity contribution in [3.63, 3.8) is 0 Å². The van der Waals surface area contributed by atoms with Crippen LogP contribution in [0.25, 0.3) is 0 Å². The third-order valence-electron chi connectivity index (χ3n) is 6.58. The highest BCUT2D eigenvalue weighted by atomic mass is 14.7. The van der Waals surface area contributed by atoms with E-state index in [4.69, 9.17) is 0 Å². The zero-order valence-electron chi connectivity index (χ0n) is 10.0. The van der Waals surface area contributed by atoms with Gasteiger partial charge in [-0.15, -0.1) is 0 Å². The Morgan fingerprint density at radius 3 is 2.60 bits per heavy atom. The molecular weight excluding hydrogens is 180 g/mol. The van der Waals surface area contributed by atoms with Gasteiger partial charge >= 0.3 is 0 Å². The average Bonchev–Trinajstić information content (AvgIpc) is 2.84. The summed E-state index contributed by atoms with van der Waals surface area (Å²) in [7, 11) is 0. The Hall–Kier alpha value is 0. The van der Waals surface area contributed by atoms with Crippen molar-refractivity contribution < 1.29 is 0 Å². The fourth-order valence-electron chi connectivity index (χ4n) is 6.04. The van der Waals surface area contributed by atoms with Crippen LogP contribution >= 0.6 is 0 Å². The van der Waals surface area contributed by atoms with Crippen LogP contribution in [0.3, 0.4) is 0 Å². The number of rotatable bonds is 0. The Morgan fingerprint density at radius 1 is 0.933 bits per heavy atom. The maximum atomic E-state index is 2.51. The van der Waals surface area contributed by atoms with E-state index >= 15 is 0 Å². The van der Waals surface area contributed by atoms with Crippen LogP contribution in [0.2, 0.25) is 0 Å². The zero-order valence-corrected chi connectivity index (χ0v) is 10.0. The zero-order chi connectivity index (χ0) is 10.0. The first-order valence-electron chi connectivity index (χ1n) is 7.30. The molecule has 0 nitrogen and oxygen atoms in total. The molecule has 0 radical (unpaired) electrons. The molecule has 0 aliphatic heterocycles. The highest BCUT2D eigenvalue weighted by molar-refractivity contribution is 5.16. The van der Waals surface area contributed by atoms with Crippen molar-refractivity contribution in [3.8, 4) is 0 Å². The quantitative estimate of drug-likeness (QED) is 0.553. The van der Waals surface area contributed by atoms with E-state index in [0.29, 0.717) is 0 Å². The molecule has 4 aliphatic rings. The van der Waals surface area contributed by atoms with E-state index in [-0.39, 0.29) is 0 Å². The molecule has 4 fully saturated rings. The van der Waals surface area contributed by atoms with Crippen molar-refractivity contribution in [1.82, 2.24) is 0 Å². The lowest BCUT2D eigenvalue weighted by molar-refractivity contribution is 0.111. The van der Waals surface area contributed by atoms with Crippen LogP contribution in [0.1, 0.15) is 58.3 Å². The lowest BCUT2D eigenvalue weighted by atomic mass is 9.67. The SMILES string of the molecule is CC1CCCC23C(CCC2CC2CC23)C1. The third-order valence-corrected chi connectivity index (χ3v) is 6.58. The summed E-state index contributed by atoms with van der Waals surface area (Å²) in [5.41, 5.74) is 0.898. The fourth-order valence-corrected chi connectivity index (χ4v) is 6.04. The fraction of sp³-hybridized carbons (Fsp3) is 1.00. The van der Waals surface area contributed by atoms with Gasteiger partial charge in [0.1, 0.15) is 0 Å². The summed E-state index contributed by atoms with van der Waals surface area (Å²) in [6, 6.07) is 0. The summed E-state index contributed by atoms with van der Waals surface area (Å²) in [5.74, 6) is 5.77. The van der Waals surface area contributed by atoms with E-state index < -0.39 is 0 Å². The molecule has 0 heteroatoms. The van der Waals surface area contributed by atoms with E-state index in [2.05, 4.69) is 6.92 Å². The Morgan fingerprint density at radius 2 is 1.73 bits per heavy atom. The second kappa shape index (κ2) is 2.81. The first-order chi connectivity index (χ1) is 7.30. The van der Waals surface area contributed by atoms with E-state index in [1.165, 1.54) is 24.2 Å². The van der Waals surface area contributed by atoms with Crippen LogP contribution in [-0.2, 0) is 0 Å². The monoisotopic (exact) mass is 204 g/mol. The molecule has 0 heterocycles. The number of hydrogen-bond donors (Lipinski definition) is 0. The van der Waals surface area contributed by atoms with Crippen molar-refractivity contribution in [2.24, 2.45) is 35.0 Å². The van der Waals surface area contributed by atoms with Crippen LogP contribution in [0.4, 0.5) is 0 Å². The molecule has 1 spiro atoms. The molecule has 6 unspecified atom stereocenters. The van der Waals surface area contributed by atoms with Crippen LogP contribution in [0.5, 0.6) is 0 Å². The van der Waals surface area contributed by atoms with Gasteiger partial charge in [0.15, 0.2) is 0 Å².